The molecule has 1 atom stereocenters. The first-order valence-electron chi connectivity index (χ1n) is 5.86. The Morgan fingerprint density at radius 3 is 2.67 bits per heavy atom. The molecule has 100 valence electrons. The third-order valence-corrected chi connectivity index (χ3v) is 2.94. The zero-order chi connectivity index (χ0) is 13.8. The van der Waals surface area contributed by atoms with E-state index in [2.05, 4.69) is 0 Å². The summed E-state index contributed by atoms with van der Waals surface area (Å²) in [6.45, 7) is 1.91. The summed E-state index contributed by atoms with van der Waals surface area (Å²) in [5, 5.41) is 9.14. The van der Waals surface area contributed by atoms with Gasteiger partial charge in [0.1, 0.15) is 5.54 Å². The van der Waals surface area contributed by atoms with Crippen molar-refractivity contribution in [2.24, 2.45) is 5.73 Å². The van der Waals surface area contributed by atoms with Crippen molar-refractivity contribution >= 4 is 5.97 Å². The Morgan fingerprint density at radius 2 is 2.11 bits per heavy atom. The molecule has 0 amide bonds. The third kappa shape index (κ3) is 3.26. The summed E-state index contributed by atoms with van der Waals surface area (Å²) >= 11 is 0. The highest BCUT2D eigenvalue weighted by Gasteiger charge is 2.34. The number of benzene rings is 1. The fourth-order valence-electron chi connectivity index (χ4n) is 1.79. The van der Waals surface area contributed by atoms with Gasteiger partial charge in [-0.25, -0.2) is 8.78 Å². The predicted molar refractivity (Wildman–Crippen MR) is 64.1 cm³/mol. The lowest BCUT2D eigenvalue weighted by atomic mass is 9.86. The zero-order valence-electron chi connectivity index (χ0n) is 10.2. The third-order valence-electron chi connectivity index (χ3n) is 2.94. The second-order valence-electron chi connectivity index (χ2n) is 4.45. The lowest BCUT2D eigenvalue weighted by Gasteiger charge is -2.24. The number of nitrogens with two attached hydrogens (primary N) is 1. The molecule has 0 aromatic heterocycles. The number of carboxylic acids is 1. The van der Waals surface area contributed by atoms with Crippen molar-refractivity contribution in [1.29, 1.82) is 0 Å². The summed E-state index contributed by atoms with van der Waals surface area (Å²) < 4.78 is 26.5. The van der Waals surface area contributed by atoms with Crippen molar-refractivity contribution in [3.05, 3.63) is 35.4 Å². The van der Waals surface area contributed by atoms with Crippen LogP contribution in [-0.2, 0) is 11.2 Å². The fourth-order valence-corrected chi connectivity index (χ4v) is 1.79. The second kappa shape index (κ2) is 5.91. The van der Waals surface area contributed by atoms with Crippen LogP contribution in [0.2, 0.25) is 0 Å². The molecular formula is C13H17F2NO2. The van der Waals surface area contributed by atoms with E-state index < -0.39 is 23.1 Å². The second-order valence-corrected chi connectivity index (χ2v) is 4.45. The molecule has 0 aliphatic carbocycles. The van der Waals surface area contributed by atoms with Crippen LogP contribution < -0.4 is 5.73 Å². The minimum atomic E-state index is -1.55. The van der Waals surface area contributed by atoms with Gasteiger partial charge in [-0.05, 0) is 18.1 Å². The first kappa shape index (κ1) is 14.6. The number of rotatable bonds is 6. The van der Waals surface area contributed by atoms with Crippen molar-refractivity contribution in [3.8, 4) is 0 Å². The molecule has 0 radical (unpaired) electrons. The van der Waals surface area contributed by atoms with Crippen LogP contribution >= 0.6 is 0 Å². The normalized spacial score (nSPS) is 14.2. The lowest BCUT2D eigenvalue weighted by molar-refractivity contribution is -0.143. The molecule has 0 spiro atoms. The van der Waals surface area contributed by atoms with E-state index >= 15 is 0 Å². The highest BCUT2D eigenvalue weighted by atomic mass is 19.2. The molecule has 0 aliphatic rings. The largest absolute Gasteiger partial charge is 0.480 e. The SMILES string of the molecule is CCCCC(N)(Cc1cccc(F)c1F)C(=O)O. The van der Waals surface area contributed by atoms with Gasteiger partial charge in [0.25, 0.3) is 0 Å². The summed E-state index contributed by atoms with van der Waals surface area (Å²) in [4.78, 5) is 11.2. The molecular weight excluding hydrogens is 240 g/mol. The maximum atomic E-state index is 13.5. The first-order chi connectivity index (χ1) is 8.40. The summed E-state index contributed by atoms with van der Waals surface area (Å²) in [7, 11) is 0. The highest BCUT2D eigenvalue weighted by Crippen LogP contribution is 2.21. The number of carbonyl (C=O) groups is 1. The van der Waals surface area contributed by atoms with E-state index in [9.17, 15) is 13.6 Å². The molecule has 0 fully saturated rings. The van der Waals surface area contributed by atoms with E-state index in [-0.39, 0.29) is 18.4 Å². The van der Waals surface area contributed by atoms with Gasteiger partial charge in [0.05, 0.1) is 0 Å². The van der Waals surface area contributed by atoms with E-state index in [1.807, 2.05) is 6.92 Å². The fraction of sp³-hybridized carbons (Fsp3) is 0.462. The van der Waals surface area contributed by atoms with Crippen molar-refractivity contribution in [1.82, 2.24) is 0 Å². The van der Waals surface area contributed by atoms with E-state index in [0.717, 1.165) is 12.5 Å². The molecule has 0 saturated carbocycles. The van der Waals surface area contributed by atoms with Gasteiger partial charge in [0.2, 0.25) is 0 Å². The van der Waals surface area contributed by atoms with Crippen LogP contribution in [0.25, 0.3) is 0 Å². The summed E-state index contributed by atoms with van der Waals surface area (Å²) in [5.41, 5.74) is 4.23. The van der Waals surface area contributed by atoms with E-state index in [1.165, 1.54) is 12.1 Å². The number of hydrogen-bond donors (Lipinski definition) is 2. The number of unbranched alkanes of at least 4 members (excludes halogenated alkanes) is 1. The monoisotopic (exact) mass is 257 g/mol. The molecule has 0 aliphatic heterocycles. The summed E-state index contributed by atoms with van der Waals surface area (Å²) in [6, 6.07) is 3.69. The number of aliphatic carboxylic acids is 1. The van der Waals surface area contributed by atoms with Gasteiger partial charge >= 0.3 is 5.97 Å². The van der Waals surface area contributed by atoms with Crippen LogP contribution in [0.3, 0.4) is 0 Å². The average Bonchev–Trinajstić information content (AvgIpc) is 2.32. The molecule has 18 heavy (non-hydrogen) atoms. The van der Waals surface area contributed by atoms with Crippen LogP contribution in [0.4, 0.5) is 8.78 Å². The molecule has 1 rings (SSSR count). The predicted octanol–water partition coefficient (Wildman–Crippen LogP) is 2.48. The van der Waals surface area contributed by atoms with Gasteiger partial charge in [0, 0.05) is 6.42 Å². The van der Waals surface area contributed by atoms with Crippen LogP contribution in [0, 0.1) is 11.6 Å². The molecule has 3 N–H and O–H groups in total. The molecule has 1 aromatic carbocycles. The minimum absolute atomic E-state index is 0.00370. The molecule has 0 saturated heterocycles. The lowest BCUT2D eigenvalue weighted by Crippen LogP contribution is -2.50. The van der Waals surface area contributed by atoms with Crippen LogP contribution in [0.15, 0.2) is 18.2 Å². The minimum Gasteiger partial charge on any atom is -0.480 e. The van der Waals surface area contributed by atoms with E-state index in [0.29, 0.717) is 6.42 Å². The Hall–Kier alpha value is -1.49. The van der Waals surface area contributed by atoms with Gasteiger partial charge in [-0.3, -0.25) is 4.79 Å². The van der Waals surface area contributed by atoms with Gasteiger partial charge in [-0.15, -0.1) is 0 Å². The molecule has 1 aromatic rings. The smallest absolute Gasteiger partial charge is 0.324 e. The summed E-state index contributed by atoms with van der Waals surface area (Å²) in [5.74, 6) is -3.21. The van der Waals surface area contributed by atoms with E-state index in [4.69, 9.17) is 10.8 Å². The van der Waals surface area contributed by atoms with Crippen molar-refractivity contribution in [2.45, 2.75) is 38.1 Å². The van der Waals surface area contributed by atoms with Crippen LogP contribution in [0.5, 0.6) is 0 Å². The highest BCUT2D eigenvalue weighted by molar-refractivity contribution is 5.78. The number of hydrogen-bond acceptors (Lipinski definition) is 2. The Balaban J connectivity index is 2.96. The first-order valence-corrected chi connectivity index (χ1v) is 5.86. The van der Waals surface area contributed by atoms with Gasteiger partial charge in [-0.1, -0.05) is 31.9 Å². The topological polar surface area (TPSA) is 63.3 Å². The standard InChI is InChI=1S/C13H17F2NO2/c1-2-3-7-13(16,12(17)18)8-9-5-4-6-10(14)11(9)15/h4-6H,2-3,7-8,16H2,1H3,(H,17,18). The van der Waals surface area contributed by atoms with Gasteiger partial charge in [-0.2, -0.15) is 0 Å². The Labute approximate surface area is 105 Å². The maximum Gasteiger partial charge on any atom is 0.324 e. The van der Waals surface area contributed by atoms with Gasteiger partial charge < -0.3 is 10.8 Å². The Morgan fingerprint density at radius 1 is 1.44 bits per heavy atom. The maximum absolute atomic E-state index is 13.5. The molecule has 1 unspecified atom stereocenters. The molecule has 3 nitrogen and oxygen atoms in total. The zero-order valence-corrected chi connectivity index (χ0v) is 10.2. The Bertz CT molecular complexity index is 437. The molecule has 0 bridgehead atoms. The quantitative estimate of drug-likeness (QED) is 0.823. The number of halogens is 2. The van der Waals surface area contributed by atoms with E-state index in [1.54, 1.807) is 0 Å². The van der Waals surface area contributed by atoms with Crippen molar-refractivity contribution in [3.63, 3.8) is 0 Å². The average molecular weight is 257 g/mol. The van der Waals surface area contributed by atoms with Crippen LogP contribution in [0.1, 0.15) is 31.7 Å². The molecule has 5 heteroatoms. The van der Waals surface area contributed by atoms with Crippen LogP contribution in [-0.4, -0.2) is 16.6 Å². The van der Waals surface area contributed by atoms with Crippen molar-refractivity contribution in [2.75, 3.05) is 0 Å². The number of carboxylic acid groups (broad SMARTS) is 1. The molecule has 0 heterocycles. The van der Waals surface area contributed by atoms with Crippen molar-refractivity contribution < 1.29 is 18.7 Å². The van der Waals surface area contributed by atoms with Gasteiger partial charge in [0.15, 0.2) is 11.6 Å². The Kier molecular flexibility index (Phi) is 4.78. The summed E-state index contributed by atoms with van der Waals surface area (Å²) in [6.07, 6.45) is 1.43.